The molecule has 2 atom stereocenters. The number of aromatic hydroxyl groups is 1. The smallest absolute Gasteiger partial charge is 0.122 e. The van der Waals surface area contributed by atoms with E-state index in [4.69, 9.17) is 4.74 Å². The second-order valence-corrected chi connectivity index (χ2v) is 6.67. The first kappa shape index (κ1) is 20.8. The lowest BCUT2D eigenvalue weighted by molar-refractivity contribution is 0.133. The summed E-state index contributed by atoms with van der Waals surface area (Å²) in [5, 5.41) is 29.6. The summed E-state index contributed by atoms with van der Waals surface area (Å²) in [6, 6.07) is 5.17. The Morgan fingerprint density at radius 2 is 1.46 bits per heavy atom. The summed E-state index contributed by atoms with van der Waals surface area (Å²) >= 11 is 0. The Hall–Kier alpha value is -1.26. The predicted octanol–water partition coefficient (Wildman–Crippen LogP) is 4.20. The lowest BCUT2D eigenvalue weighted by Crippen LogP contribution is -2.10. The Labute approximate surface area is 146 Å². The third-order valence-electron chi connectivity index (χ3n) is 4.42. The molecule has 0 aromatic heterocycles. The summed E-state index contributed by atoms with van der Waals surface area (Å²) in [5.41, 5.74) is 0.970. The zero-order chi connectivity index (χ0) is 17.8. The van der Waals surface area contributed by atoms with Gasteiger partial charge in [-0.2, -0.15) is 0 Å². The first-order chi connectivity index (χ1) is 11.5. The van der Waals surface area contributed by atoms with Gasteiger partial charge in [0, 0.05) is 6.07 Å². The number of aliphatic hydroxyl groups is 2. The number of phenols is 1. The molecule has 24 heavy (non-hydrogen) atoms. The van der Waals surface area contributed by atoms with E-state index in [2.05, 4.69) is 6.92 Å². The minimum Gasteiger partial charge on any atom is -0.508 e. The molecule has 0 amide bonds. The monoisotopic (exact) mass is 338 g/mol. The molecule has 3 N–H and O–H groups in total. The third-order valence-corrected chi connectivity index (χ3v) is 4.42. The maximum Gasteiger partial charge on any atom is 0.122 e. The van der Waals surface area contributed by atoms with Crippen molar-refractivity contribution in [2.75, 3.05) is 7.11 Å². The highest BCUT2D eigenvalue weighted by Crippen LogP contribution is 2.23. The molecule has 0 unspecified atom stereocenters. The molecular weight excluding hydrogens is 304 g/mol. The number of methoxy groups -OCH3 is 1. The number of aryl methyl sites for hydroxylation is 1. The van der Waals surface area contributed by atoms with Crippen molar-refractivity contribution in [1.82, 2.24) is 0 Å². The van der Waals surface area contributed by atoms with Crippen LogP contribution in [0.3, 0.4) is 0 Å². The summed E-state index contributed by atoms with van der Waals surface area (Å²) in [7, 11) is 1.57. The Balaban J connectivity index is 2.16. The third kappa shape index (κ3) is 9.14. The van der Waals surface area contributed by atoms with Crippen LogP contribution in [0, 0.1) is 0 Å². The van der Waals surface area contributed by atoms with Crippen molar-refractivity contribution in [2.45, 2.75) is 83.3 Å². The van der Waals surface area contributed by atoms with E-state index in [9.17, 15) is 15.3 Å². The van der Waals surface area contributed by atoms with Crippen LogP contribution in [0.4, 0.5) is 0 Å². The highest BCUT2D eigenvalue weighted by molar-refractivity contribution is 5.37. The molecule has 0 aliphatic rings. The largest absolute Gasteiger partial charge is 0.508 e. The van der Waals surface area contributed by atoms with Gasteiger partial charge in [-0.15, -0.1) is 0 Å². The Morgan fingerprint density at radius 3 is 2.04 bits per heavy atom. The first-order valence-corrected chi connectivity index (χ1v) is 9.28. The van der Waals surface area contributed by atoms with Crippen LogP contribution in [-0.4, -0.2) is 34.6 Å². The van der Waals surface area contributed by atoms with Crippen LogP contribution in [0.25, 0.3) is 0 Å². The van der Waals surface area contributed by atoms with Gasteiger partial charge >= 0.3 is 0 Å². The topological polar surface area (TPSA) is 69.9 Å². The molecule has 138 valence electrons. The van der Waals surface area contributed by atoms with Crippen LogP contribution < -0.4 is 4.74 Å². The van der Waals surface area contributed by atoms with E-state index in [1.54, 1.807) is 19.2 Å². The minimum atomic E-state index is -0.337. The number of hydrogen-bond donors (Lipinski definition) is 3. The molecule has 0 saturated heterocycles. The molecule has 4 nitrogen and oxygen atoms in total. The van der Waals surface area contributed by atoms with Gasteiger partial charge in [0.05, 0.1) is 19.3 Å². The Kier molecular flexibility index (Phi) is 10.5. The lowest BCUT2D eigenvalue weighted by Gasteiger charge is -2.13. The fourth-order valence-corrected chi connectivity index (χ4v) is 2.92. The van der Waals surface area contributed by atoms with Crippen molar-refractivity contribution in [1.29, 1.82) is 0 Å². The molecule has 0 fully saturated rings. The van der Waals surface area contributed by atoms with Crippen LogP contribution in [0.1, 0.15) is 70.3 Å². The van der Waals surface area contributed by atoms with Gasteiger partial charge in [-0.1, -0.05) is 39.0 Å². The van der Waals surface area contributed by atoms with Crippen LogP contribution in [0.15, 0.2) is 18.2 Å². The van der Waals surface area contributed by atoms with Crippen molar-refractivity contribution in [3.05, 3.63) is 23.8 Å². The van der Waals surface area contributed by atoms with Crippen LogP contribution in [0.2, 0.25) is 0 Å². The highest BCUT2D eigenvalue weighted by Gasteiger charge is 2.08. The number of phenolic OH excluding ortho intramolecular Hbond substituents is 1. The molecule has 0 saturated carbocycles. The molecule has 1 aromatic carbocycles. The number of ether oxygens (including phenoxy) is 1. The van der Waals surface area contributed by atoms with E-state index in [1.165, 1.54) is 12.8 Å². The molecule has 1 rings (SSSR count). The van der Waals surface area contributed by atoms with Crippen molar-refractivity contribution in [2.24, 2.45) is 0 Å². The van der Waals surface area contributed by atoms with Crippen molar-refractivity contribution in [3.8, 4) is 11.5 Å². The molecule has 0 heterocycles. The summed E-state index contributed by atoms with van der Waals surface area (Å²) in [6.45, 7) is 2.17. The zero-order valence-corrected chi connectivity index (χ0v) is 15.2. The normalized spacial score (nSPS) is 13.7. The van der Waals surface area contributed by atoms with E-state index in [-0.39, 0.29) is 18.0 Å². The van der Waals surface area contributed by atoms with E-state index in [0.717, 1.165) is 44.1 Å². The van der Waals surface area contributed by atoms with Gasteiger partial charge in [-0.3, -0.25) is 0 Å². The lowest BCUT2D eigenvalue weighted by atomic mass is 10.00. The fourth-order valence-electron chi connectivity index (χ4n) is 2.92. The zero-order valence-electron chi connectivity index (χ0n) is 15.2. The van der Waals surface area contributed by atoms with Gasteiger partial charge in [-0.05, 0) is 49.8 Å². The number of hydrogen-bond acceptors (Lipinski definition) is 4. The maximum absolute atomic E-state index is 10.1. The summed E-state index contributed by atoms with van der Waals surface area (Å²) < 4.78 is 5.13. The van der Waals surface area contributed by atoms with Crippen LogP contribution in [0.5, 0.6) is 11.5 Å². The molecule has 1 aromatic rings. The second-order valence-electron chi connectivity index (χ2n) is 6.67. The van der Waals surface area contributed by atoms with Gasteiger partial charge < -0.3 is 20.1 Å². The van der Waals surface area contributed by atoms with E-state index >= 15 is 0 Å². The van der Waals surface area contributed by atoms with E-state index < -0.39 is 0 Å². The van der Waals surface area contributed by atoms with Crippen molar-refractivity contribution >= 4 is 0 Å². The van der Waals surface area contributed by atoms with Crippen LogP contribution in [-0.2, 0) is 6.42 Å². The highest BCUT2D eigenvalue weighted by atomic mass is 16.5. The quantitative estimate of drug-likeness (QED) is 0.472. The number of aliphatic hydroxyl groups excluding tert-OH is 2. The molecular formula is C20H34O4. The van der Waals surface area contributed by atoms with Crippen molar-refractivity contribution < 1.29 is 20.1 Å². The minimum absolute atomic E-state index is 0.187. The first-order valence-electron chi connectivity index (χ1n) is 9.28. The van der Waals surface area contributed by atoms with Crippen LogP contribution >= 0.6 is 0 Å². The summed E-state index contributed by atoms with van der Waals surface area (Å²) in [4.78, 5) is 0. The average Bonchev–Trinajstić information content (AvgIpc) is 2.56. The van der Waals surface area contributed by atoms with Gasteiger partial charge in [0.15, 0.2) is 0 Å². The molecule has 0 aliphatic heterocycles. The maximum atomic E-state index is 10.1. The number of rotatable bonds is 13. The molecule has 0 radical (unpaired) electrons. The summed E-state index contributed by atoms with van der Waals surface area (Å²) in [6.07, 6.45) is 8.74. The second kappa shape index (κ2) is 12.2. The number of unbranched alkanes of at least 4 members (excludes halogenated alkanes) is 3. The number of benzene rings is 1. The van der Waals surface area contributed by atoms with Crippen molar-refractivity contribution in [3.63, 3.8) is 0 Å². The predicted molar refractivity (Wildman–Crippen MR) is 97.6 cm³/mol. The van der Waals surface area contributed by atoms with Gasteiger partial charge in [0.2, 0.25) is 0 Å². The molecule has 0 spiro atoms. The summed E-state index contributed by atoms with van der Waals surface area (Å²) in [5.74, 6) is 0.826. The van der Waals surface area contributed by atoms with E-state index in [1.807, 2.05) is 6.07 Å². The van der Waals surface area contributed by atoms with Gasteiger partial charge in [0.25, 0.3) is 0 Å². The molecule has 0 aliphatic carbocycles. The van der Waals surface area contributed by atoms with Gasteiger partial charge in [-0.25, -0.2) is 0 Å². The standard InChI is InChI=1S/C20H34O4/c1-3-4-5-8-17(21)9-6-7-10-18(22)12-11-16-13-19(23)15-20(14-16)24-2/h13-15,17-18,21-23H,3-12H2,1-2H3/t17-,18+/m0/s1. The Bertz CT molecular complexity index is 447. The average molecular weight is 338 g/mol. The SMILES string of the molecule is CCCCC[C@H](O)CCCC[C@@H](O)CCc1cc(O)cc(OC)c1. The molecule has 4 heteroatoms. The van der Waals surface area contributed by atoms with E-state index in [0.29, 0.717) is 18.6 Å². The Morgan fingerprint density at radius 1 is 0.875 bits per heavy atom. The molecule has 0 bridgehead atoms. The van der Waals surface area contributed by atoms with Gasteiger partial charge in [0.1, 0.15) is 11.5 Å². The fraction of sp³-hybridized carbons (Fsp3) is 0.700.